The van der Waals surface area contributed by atoms with Gasteiger partial charge in [0.25, 0.3) is 5.97 Å². The van der Waals surface area contributed by atoms with Gasteiger partial charge in [-0.3, -0.25) is 4.79 Å². The Kier molecular flexibility index (Phi) is 10.9. The van der Waals surface area contributed by atoms with Crippen LogP contribution in [0.3, 0.4) is 0 Å². The van der Waals surface area contributed by atoms with Crippen LogP contribution in [-0.4, -0.2) is 48.8 Å². The number of hydrogen-bond acceptors (Lipinski definition) is 7. The molecule has 1 aromatic carbocycles. The molecular formula is C18H22O8. The minimum atomic E-state index is -0.926. The summed E-state index contributed by atoms with van der Waals surface area (Å²) in [6, 6.07) is 5.94. The van der Waals surface area contributed by atoms with Crippen molar-refractivity contribution >= 4 is 23.9 Å². The smallest absolute Gasteiger partial charge is 0.346 e. The third-order valence-corrected chi connectivity index (χ3v) is 2.57. The van der Waals surface area contributed by atoms with Gasteiger partial charge < -0.3 is 19.3 Å². The van der Waals surface area contributed by atoms with Gasteiger partial charge in [0.05, 0.1) is 17.7 Å². The molecule has 0 heterocycles. The van der Waals surface area contributed by atoms with Crippen molar-refractivity contribution in [2.24, 2.45) is 0 Å². The fraction of sp³-hybridized carbons (Fsp3) is 0.333. The molecular weight excluding hydrogens is 344 g/mol. The third-order valence-electron chi connectivity index (χ3n) is 2.57. The number of aliphatic carboxylic acids is 1. The minimum absolute atomic E-state index is 0.0264. The van der Waals surface area contributed by atoms with Crippen LogP contribution >= 0.6 is 0 Å². The van der Waals surface area contributed by atoms with E-state index in [2.05, 4.69) is 11.3 Å². The Bertz CT molecular complexity index is 659. The van der Waals surface area contributed by atoms with E-state index in [1.54, 1.807) is 12.1 Å². The third kappa shape index (κ3) is 9.33. The molecule has 8 heteroatoms. The maximum absolute atomic E-state index is 12.0. The molecule has 0 saturated heterocycles. The van der Waals surface area contributed by atoms with Crippen molar-refractivity contribution in [3.8, 4) is 0 Å². The van der Waals surface area contributed by atoms with Crippen LogP contribution in [0.1, 0.15) is 41.5 Å². The lowest BCUT2D eigenvalue weighted by molar-refractivity contribution is -0.135. The molecule has 0 aliphatic carbocycles. The van der Waals surface area contributed by atoms with Crippen LogP contribution in [0.15, 0.2) is 36.4 Å². The Labute approximate surface area is 151 Å². The molecule has 0 aliphatic heterocycles. The number of esters is 3. The van der Waals surface area contributed by atoms with Gasteiger partial charge in [-0.15, -0.1) is 0 Å². The minimum Gasteiger partial charge on any atom is -0.481 e. The normalized spacial score (nSPS) is 9.35. The molecule has 0 fully saturated rings. The number of carboxylic acid groups (broad SMARTS) is 1. The van der Waals surface area contributed by atoms with Crippen LogP contribution in [0.4, 0.5) is 0 Å². The standard InChI is InChI=1S/C16H18O6.C2H4O2/c1-4-20-9-10-21-15(18)12-7-5-6-8-13(12)16(19)22-14(17)11(2)3;1-2(3)4/h5-8H,2,4,9-10H2,1,3H3;1H3,(H,3,4). The Morgan fingerprint density at radius 3 is 1.96 bits per heavy atom. The van der Waals surface area contributed by atoms with E-state index >= 15 is 0 Å². The zero-order chi connectivity index (χ0) is 20.1. The zero-order valence-electron chi connectivity index (χ0n) is 14.9. The molecule has 142 valence electrons. The average Bonchev–Trinajstić information content (AvgIpc) is 2.57. The molecule has 8 nitrogen and oxygen atoms in total. The molecule has 0 aliphatic rings. The lowest BCUT2D eigenvalue weighted by Crippen LogP contribution is -2.18. The topological polar surface area (TPSA) is 116 Å². The summed E-state index contributed by atoms with van der Waals surface area (Å²) in [5.74, 6) is -3.29. The highest BCUT2D eigenvalue weighted by Gasteiger charge is 2.21. The van der Waals surface area contributed by atoms with Gasteiger partial charge in [0.1, 0.15) is 6.61 Å². The lowest BCUT2D eigenvalue weighted by Gasteiger charge is -2.09. The molecule has 0 radical (unpaired) electrons. The van der Waals surface area contributed by atoms with Gasteiger partial charge in [-0.2, -0.15) is 0 Å². The van der Waals surface area contributed by atoms with Gasteiger partial charge in [0.15, 0.2) is 0 Å². The molecule has 0 bridgehead atoms. The van der Waals surface area contributed by atoms with Crippen LogP contribution < -0.4 is 0 Å². The quantitative estimate of drug-likeness (QED) is 0.338. The van der Waals surface area contributed by atoms with Gasteiger partial charge in [-0.05, 0) is 26.0 Å². The van der Waals surface area contributed by atoms with Crippen LogP contribution in [0.2, 0.25) is 0 Å². The molecule has 0 amide bonds. The number of carboxylic acids is 1. The van der Waals surface area contributed by atoms with E-state index < -0.39 is 23.9 Å². The summed E-state index contributed by atoms with van der Waals surface area (Å²) in [7, 11) is 0. The number of carbonyl (C=O) groups excluding carboxylic acids is 3. The summed E-state index contributed by atoms with van der Waals surface area (Å²) in [4.78, 5) is 44.3. The highest BCUT2D eigenvalue weighted by molar-refractivity contribution is 6.07. The predicted molar refractivity (Wildman–Crippen MR) is 91.8 cm³/mol. The lowest BCUT2D eigenvalue weighted by atomic mass is 10.1. The van der Waals surface area contributed by atoms with Crippen molar-refractivity contribution in [2.45, 2.75) is 20.8 Å². The monoisotopic (exact) mass is 366 g/mol. The molecule has 1 aromatic rings. The van der Waals surface area contributed by atoms with Crippen molar-refractivity contribution in [1.29, 1.82) is 0 Å². The summed E-state index contributed by atoms with van der Waals surface area (Å²) in [6.45, 7) is 8.57. The molecule has 0 aromatic heterocycles. The summed E-state index contributed by atoms with van der Waals surface area (Å²) in [5, 5.41) is 7.42. The highest BCUT2D eigenvalue weighted by atomic mass is 16.6. The fourth-order valence-corrected chi connectivity index (χ4v) is 1.48. The van der Waals surface area contributed by atoms with Gasteiger partial charge in [-0.25, -0.2) is 14.4 Å². The molecule has 26 heavy (non-hydrogen) atoms. The first-order valence-corrected chi connectivity index (χ1v) is 7.66. The summed E-state index contributed by atoms with van der Waals surface area (Å²) < 4.78 is 14.7. The highest BCUT2D eigenvalue weighted by Crippen LogP contribution is 2.13. The van der Waals surface area contributed by atoms with Crippen molar-refractivity contribution in [1.82, 2.24) is 0 Å². The Morgan fingerprint density at radius 2 is 1.50 bits per heavy atom. The van der Waals surface area contributed by atoms with Crippen molar-refractivity contribution in [2.75, 3.05) is 19.8 Å². The molecule has 0 spiro atoms. The van der Waals surface area contributed by atoms with E-state index in [1.807, 2.05) is 6.92 Å². The van der Waals surface area contributed by atoms with Crippen molar-refractivity contribution < 1.29 is 38.5 Å². The van der Waals surface area contributed by atoms with E-state index in [0.29, 0.717) is 6.61 Å². The zero-order valence-corrected chi connectivity index (χ0v) is 14.9. The Balaban J connectivity index is 0.00000141. The molecule has 1 rings (SSSR count). The van der Waals surface area contributed by atoms with E-state index in [9.17, 15) is 14.4 Å². The summed E-state index contributed by atoms with van der Waals surface area (Å²) in [6.07, 6.45) is 0. The SMILES string of the molecule is C=C(C)C(=O)OC(=O)c1ccccc1C(=O)OCCOCC.CC(=O)O. The summed E-state index contributed by atoms with van der Waals surface area (Å²) >= 11 is 0. The van der Waals surface area contributed by atoms with Crippen LogP contribution in [0.25, 0.3) is 0 Å². The maximum Gasteiger partial charge on any atom is 0.346 e. The van der Waals surface area contributed by atoms with Crippen molar-refractivity contribution in [3.05, 3.63) is 47.5 Å². The fourth-order valence-electron chi connectivity index (χ4n) is 1.48. The maximum atomic E-state index is 12.0. The van der Waals surface area contributed by atoms with E-state index in [4.69, 9.17) is 19.4 Å². The van der Waals surface area contributed by atoms with E-state index in [-0.39, 0.29) is 29.9 Å². The molecule has 0 unspecified atom stereocenters. The summed E-state index contributed by atoms with van der Waals surface area (Å²) in [5.41, 5.74) is 0.0714. The molecule has 0 atom stereocenters. The van der Waals surface area contributed by atoms with E-state index in [0.717, 1.165) is 6.92 Å². The van der Waals surface area contributed by atoms with Gasteiger partial charge in [0.2, 0.25) is 0 Å². The number of ether oxygens (including phenoxy) is 3. The molecule has 0 saturated carbocycles. The van der Waals surface area contributed by atoms with Crippen LogP contribution in [-0.2, 0) is 23.8 Å². The first-order valence-electron chi connectivity index (χ1n) is 7.66. The predicted octanol–water partition coefficient (Wildman–Crippen LogP) is 2.23. The van der Waals surface area contributed by atoms with Gasteiger partial charge >= 0.3 is 17.9 Å². The first-order chi connectivity index (χ1) is 12.2. The molecule has 1 N–H and O–H groups in total. The second-order valence-electron chi connectivity index (χ2n) is 4.85. The average molecular weight is 366 g/mol. The number of rotatable bonds is 7. The number of benzene rings is 1. The van der Waals surface area contributed by atoms with Gasteiger partial charge in [-0.1, -0.05) is 18.7 Å². The Hall–Kier alpha value is -3.00. The largest absolute Gasteiger partial charge is 0.481 e. The number of hydrogen-bond donors (Lipinski definition) is 1. The van der Waals surface area contributed by atoms with Crippen LogP contribution in [0, 0.1) is 0 Å². The number of carbonyl (C=O) groups is 4. The second kappa shape index (κ2) is 12.4. The first kappa shape index (κ1) is 23.0. The van der Waals surface area contributed by atoms with Gasteiger partial charge in [0, 0.05) is 19.1 Å². The Morgan fingerprint density at radius 1 is 1.00 bits per heavy atom. The second-order valence-corrected chi connectivity index (χ2v) is 4.85. The van der Waals surface area contributed by atoms with Crippen molar-refractivity contribution in [3.63, 3.8) is 0 Å². The van der Waals surface area contributed by atoms with Crippen LogP contribution in [0.5, 0.6) is 0 Å². The van der Waals surface area contributed by atoms with E-state index in [1.165, 1.54) is 19.1 Å².